The molecule has 1 aromatic carbocycles. The highest BCUT2D eigenvalue weighted by molar-refractivity contribution is 7.78. The maximum absolute atomic E-state index is 13.6. The second kappa shape index (κ2) is 18.8. The topological polar surface area (TPSA) is 149 Å². The van der Waals surface area contributed by atoms with Crippen LogP contribution in [0.2, 0.25) is 0 Å². The van der Waals surface area contributed by atoms with Gasteiger partial charge >= 0.3 is 0 Å². The molecule has 12 nitrogen and oxygen atoms in total. The number of carbonyl (C=O) groups excluding carboxylic acids is 1. The molecule has 0 aliphatic heterocycles. The van der Waals surface area contributed by atoms with E-state index >= 15 is 0 Å². The van der Waals surface area contributed by atoms with Crippen molar-refractivity contribution in [3.8, 4) is 11.5 Å². The van der Waals surface area contributed by atoms with Crippen LogP contribution in [0.4, 0.5) is 0 Å². The first-order chi connectivity index (χ1) is 23.8. The molecule has 0 radical (unpaired) electrons. The van der Waals surface area contributed by atoms with Gasteiger partial charge in [0.1, 0.15) is 0 Å². The number of fused-ring (bicyclic) bond motifs is 1. The largest absolute Gasteiger partial charge is 0.477 e. The van der Waals surface area contributed by atoms with Gasteiger partial charge in [0.15, 0.2) is 29.1 Å². The SMILES string of the molecule is CCCCCCCCCCC(Oc1ccc(C(C)(C)CC(C)(C)C)cc1OS(=O)NC(C)c1nnc2cc(C(C)(C)C)[nH]n12)C(=O)NS(=O)OC. The molecule has 14 heteroatoms. The summed E-state index contributed by atoms with van der Waals surface area (Å²) in [6.07, 6.45) is 9.08. The summed E-state index contributed by atoms with van der Waals surface area (Å²) >= 11 is -4.06. The van der Waals surface area contributed by atoms with Gasteiger partial charge in [-0.15, -0.1) is 10.2 Å². The minimum Gasteiger partial charge on any atom is -0.477 e. The van der Waals surface area contributed by atoms with E-state index in [0.29, 0.717) is 17.9 Å². The Morgan fingerprint density at radius 1 is 0.902 bits per heavy atom. The summed E-state index contributed by atoms with van der Waals surface area (Å²) in [7, 11) is 1.25. The molecule has 288 valence electrons. The van der Waals surface area contributed by atoms with E-state index in [2.05, 4.69) is 87.1 Å². The Hall–Kier alpha value is -2.81. The van der Waals surface area contributed by atoms with Gasteiger partial charge in [-0.05, 0) is 54.7 Å². The molecular formula is C37H62N6O6S2. The highest BCUT2D eigenvalue weighted by atomic mass is 32.2. The van der Waals surface area contributed by atoms with Gasteiger partial charge in [0, 0.05) is 17.2 Å². The molecule has 3 aromatic rings. The van der Waals surface area contributed by atoms with Crippen molar-refractivity contribution in [2.75, 3.05) is 7.11 Å². The van der Waals surface area contributed by atoms with E-state index in [0.717, 1.165) is 43.4 Å². The average Bonchev–Trinajstić information content (AvgIpc) is 3.63. The van der Waals surface area contributed by atoms with Crippen LogP contribution in [0.1, 0.15) is 157 Å². The van der Waals surface area contributed by atoms with Crippen molar-refractivity contribution >= 4 is 34.1 Å². The number of rotatable bonds is 21. The Kier molecular flexibility index (Phi) is 15.7. The summed E-state index contributed by atoms with van der Waals surface area (Å²) in [5.41, 5.74) is 2.29. The molecule has 3 rings (SSSR count). The number of nitrogens with zero attached hydrogens (tertiary/aromatic N) is 3. The van der Waals surface area contributed by atoms with E-state index < -0.39 is 40.6 Å². The summed E-state index contributed by atoms with van der Waals surface area (Å²) in [6, 6.07) is 6.98. The maximum atomic E-state index is 13.6. The van der Waals surface area contributed by atoms with Gasteiger partial charge in [-0.3, -0.25) is 14.1 Å². The van der Waals surface area contributed by atoms with Crippen LogP contribution in [-0.4, -0.2) is 47.4 Å². The number of carbonyl (C=O) groups is 1. The summed E-state index contributed by atoms with van der Waals surface area (Å²) in [5, 5.41) is 11.9. The molecule has 51 heavy (non-hydrogen) atoms. The van der Waals surface area contributed by atoms with Gasteiger partial charge < -0.3 is 8.92 Å². The van der Waals surface area contributed by atoms with Crippen LogP contribution in [0.3, 0.4) is 0 Å². The fourth-order valence-corrected chi connectivity index (χ4v) is 7.45. The Bertz CT molecular complexity index is 1610. The summed E-state index contributed by atoms with van der Waals surface area (Å²) in [4.78, 5) is 13.3. The highest BCUT2D eigenvalue weighted by Gasteiger charge is 2.30. The van der Waals surface area contributed by atoms with Crippen molar-refractivity contribution in [2.24, 2.45) is 5.41 Å². The monoisotopic (exact) mass is 750 g/mol. The second-order valence-corrected chi connectivity index (χ2v) is 18.2. The van der Waals surface area contributed by atoms with Crippen molar-refractivity contribution in [2.45, 2.75) is 156 Å². The molecule has 0 aliphatic rings. The third-order valence-electron chi connectivity index (χ3n) is 8.77. The number of amides is 1. The van der Waals surface area contributed by atoms with Gasteiger partial charge in [0.2, 0.25) is 0 Å². The zero-order chi connectivity index (χ0) is 38.0. The quantitative estimate of drug-likeness (QED) is 0.0928. The van der Waals surface area contributed by atoms with Crippen LogP contribution >= 0.6 is 0 Å². The molecule has 0 bridgehead atoms. The molecule has 3 N–H and O–H groups in total. The second-order valence-electron chi connectivity index (χ2n) is 16.3. The summed E-state index contributed by atoms with van der Waals surface area (Å²) in [5.74, 6) is 0.447. The van der Waals surface area contributed by atoms with Gasteiger partial charge in [0.05, 0.1) is 13.2 Å². The molecule has 2 aromatic heterocycles. The standard InChI is InChI=1S/C37H62N6O6S2/c1-12-13-14-15-16-17-18-19-20-29(34(44)42-50(45)47-11)48-28-22-21-27(37(9,10)25-35(3,4)5)23-30(28)49-51(46)41-26(2)33-39-38-32-24-31(36(6,7)8)40-43(32)33/h21-24,26,29,40-41H,12-20,25H2,1-11H3,(H,42,44). The number of aromatic amines is 1. The van der Waals surface area contributed by atoms with E-state index in [1.165, 1.54) is 32.8 Å². The smallest absolute Gasteiger partial charge is 0.288 e. The number of nitrogens with one attached hydrogen (secondary N) is 3. The number of ether oxygens (including phenoxy) is 1. The third-order valence-corrected chi connectivity index (χ3v) is 10.3. The van der Waals surface area contributed by atoms with Crippen LogP contribution in [0, 0.1) is 5.41 Å². The van der Waals surface area contributed by atoms with Gasteiger partial charge in [0.25, 0.3) is 28.4 Å². The van der Waals surface area contributed by atoms with Crippen LogP contribution in [0.15, 0.2) is 24.3 Å². The summed E-state index contributed by atoms with van der Waals surface area (Å²) in [6.45, 7) is 21.2. The van der Waals surface area contributed by atoms with Crippen molar-refractivity contribution in [1.29, 1.82) is 0 Å². The molecule has 4 unspecified atom stereocenters. The minimum absolute atomic E-state index is 0.0456. The highest BCUT2D eigenvalue weighted by Crippen LogP contribution is 2.40. The van der Waals surface area contributed by atoms with E-state index in [1.807, 2.05) is 25.1 Å². The molecule has 0 spiro atoms. The fourth-order valence-electron chi connectivity index (χ4n) is 6.34. The molecule has 0 fully saturated rings. The lowest BCUT2D eigenvalue weighted by atomic mass is 9.72. The van der Waals surface area contributed by atoms with E-state index in [4.69, 9.17) is 13.1 Å². The Morgan fingerprint density at radius 3 is 2.16 bits per heavy atom. The lowest BCUT2D eigenvalue weighted by Crippen LogP contribution is -2.39. The first-order valence-electron chi connectivity index (χ1n) is 18.2. The third kappa shape index (κ3) is 13.3. The number of benzene rings is 1. The first-order valence-corrected chi connectivity index (χ1v) is 20.4. The molecule has 1 amide bonds. The summed E-state index contributed by atoms with van der Waals surface area (Å²) < 4.78 is 50.1. The van der Waals surface area contributed by atoms with Crippen molar-refractivity contribution in [1.82, 2.24) is 29.3 Å². The van der Waals surface area contributed by atoms with E-state index in [-0.39, 0.29) is 27.7 Å². The van der Waals surface area contributed by atoms with Crippen LogP contribution in [0.25, 0.3) is 5.65 Å². The van der Waals surface area contributed by atoms with Crippen molar-refractivity contribution in [3.05, 3.63) is 41.3 Å². The van der Waals surface area contributed by atoms with Crippen molar-refractivity contribution < 1.29 is 26.3 Å². The molecule has 2 heterocycles. The molecular weight excluding hydrogens is 689 g/mol. The van der Waals surface area contributed by atoms with Crippen LogP contribution < -0.4 is 18.4 Å². The molecule has 0 saturated carbocycles. The van der Waals surface area contributed by atoms with E-state index in [1.54, 1.807) is 10.6 Å². The Balaban J connectivity index is 1.87. The molecule has 0 saturated heterocycles. The Morgan fingerprint density at radius 2 is 1.55 bits per heavy atom. The first kappa shape index (κ1) is 42.6. The number of hydrogen-bond donors (Lipinski definition) is 3. The van der Waals surface area contributed by atoms with Gasteiger partial charge in [-0.25, -0.2) is 13.4 Å². The number of aromatic nitrogens is 4. The number of hydrogen-bond acceptors (Lipinski definition) is 8. The van der Waals surface area contributed by atoms with Gasteiger partial charge in [-0.2, -0.15) is 8.93 Å². The predicted molar refractivity (Wildman–Crippen MR) is 205 cm³/mol. The Labute approximate surface area is 310 Å². The number of H-pyrrole nitrogens is 1. The molecule has 4 atom stereocenters. The van der Waals surface area contributed by atoms with E-state index in [9.17, 15) is 13.2 Å². The number of unbranched alkanes of at least 4 members (excludes halogenated alkanes) is 7. The zero-order valence-electron chi connectivity index (χ0n) is 32.6. The maximum Gasteiger partial charge on any atom is 0.288 e. The van der Waals surface area contributed by atoms with Gasteiger partial charge in [-0.1, -0.05) is 113 Å². The van der Waals surface area contributed by atoms with Crippen LogP contribution in [0.5, 0.6) is 11.5 Å². The molecule has 0 aliphatic carbocycles. The zero-order valence-corrected chi connectivity index (χ0v) is 34.3. The van der Waals surface area contributed by atoms with Crippen molar-refractivity contribution in [3.63, 3.8) is 0 Å². The lowest BCUT2D eigenvalue weighted by Gasteiger charge is -2.33. The predicted octanol–water partition coefficient (Wildman–Crippen LogP) is 8.00. The lowest BCUT2D eigenvalue weighted by molar-refractivity contribution is -0.126. The fraction of sp³-hybridized carbons (Fsp3) is 0.703. The minimum atomic E-state index is -2.05. The average molecular weight is 751 g/mol. The van der Waals surface area contributed by atoms with Crippen LogP contribution in [-0.2, 0) is 42.3 Å². The normalized spacial score (nSPS) is 15.0.